The van der Waals surface area contributed by atoms with Crippen LogP contribution in [-0.4, -0.2) is 87.4 Å². The number of hydrogen-bond acceptors (Lipinski definition) is 9. The van der Waals surface area contributed by atoms with Gasteiger partial charge in [-0.25, -0.2) is 13.2 Å². The van der Waals surface area contributed by atoms with Gasteiger partial charge in [0.25, 0.3) is 5.91 Å². The average Bonchev–Trinajstić information content (AvgIpc) is 4.04. The number of carbonyl (C=O) groups excluding carboxylic acids is 4. The van der Waals surface area contributed by atoms with Crippen molar-refractivity contribution in [1.29, 1.82) is 0 Å². The van der Waals surface area contributed by atoms with Crippen molar-refractivity contribution in [3.8, 4) is 5.75 Å². The Bertz CT molecular complexity index is 1970. The summed E-state index contributed by atoms with van der Waals surface area (Å²) < 4.78 is 45.5. The zero-order valence-electron chi connectivity index (χ0n) is 32.4. The molecule has 13 nitrogen and oxygen atoms in total. The highest BCUT2D eigenvalue weighted by Crippen LogP contribution is 2.47. The Kier molecular flexibility index (Phi) is 10.4. The monoisotopic (exact) mass is 766 g/mol. The van der Waals surface area contributed by atoms with Gasteiger partial charge in [-0.05, 0) is 89.5 Å². The summed E-state index contributed by atoms with van der Waals surface area (Å²) >= 11 is 0. The number of fused-ring (bicyclic) bond motifs is 5. The molecule has 2 aromatic rings. The van der Waals surface area contributed by atoms with Gasteiger partial charge in [0.2, 0.25) is 21.8 Å². The lowest BCUT2D eigenvalue weighted by Crippen LogP contribution is -2.60. The van der Waals surface area contributed by atoms with Crippen LogP contribution >= 0.6 is 0 Å². The number of benzene rings is 2. The van der Waals surface area contributed by atoms with Crippen LogP contribution in [0.5, 0.6) is 5.75 Å². The van der Waals surface area contributed by atoms with Crippen molar-refractivity contribution in [2.24, 2.45) is 16.7 Å². The van der Waals surface area contributed by atoms with Crippen molar-refractivity contribution >= 4 is 44.6 Å². The summed E-state index contributed by atoms with van der Waals surface area (Å²) in [5, 5.41) is 6.89. The number of carbonyl (C=O) groups is 4. The van der Waals surface area contributed by atoms with E-state index in [1.807, 2.05) is 58.9 Å². The second-order valence-corrected chi connectivity index (χ2v) is 19.3. The maximum absolute atomic E-state index is 14.8. The number of rotatable bonds is 8. The molecule has 1 saturated heterocycles. The van der Waals surface area contributed by atoms with Crippen molar-refractivity contribution in [1.82, 2.24) is 20.3 Å². The summed E-state index contributed by atoms with van der Waals surface area (Å²) in [6.07, 6.45) is 4.16. The van der Waals surface area contributed by atoms with Crippen molar-refractivity contribution in [3.63, 3.8) is 0 Å². The molecule has 6 rings (SSSR count). The minimum Gasteiger partial charge on any atom is -0.496 e. The molecule has 4 amide bonds. The van der Waals surface area contributed by atoms with Gasteiger partial charge >= 0.3 is 6.09 Å². The van der Waals surface area contributed by atoms with Crippen LogP contribution in [0, 0.1) is 16.7 Å². The number of sulfonamides is 1. The zero-order chi connectivity index (χ0) is 39.4. The third-order valence-corrected chi connectivity index (χ3v) is 13.4. The van der Waals surface area contributed by atoms with Gasteiger partial charge < -0.3 is 29.7 Å². The Morgan fingerprint density at radius 1 is 1.07 bits per heavy atom. The van der Waals surface area contributed by atoms with Crippen LogP contribution in [0.25, 0.3) is 10.8 Å². The Morgan fingerprint density at radius 3 is 2.41 bits per heavy atom. The number of nitrogens with one attached hydrogen (secondary N) is 3. The van der Waals surface area contributed by atoms with Gasteiger partial charge in [-0.2, -0.15) is 0 Å². The molecule has 3 N–H and O–H groups in total. The lowest BCUT2D eigenvalue weighted by atomic mass is 9.85. The van der Waals surface area contributed by atoms with Gasteiger partial charge in [0.1, 0.15) is 29.0 Å². The molecule has 2 saturated carbocycles. The first-order chi connectivity index (χ1) is 25.3. The molecule has 2 aliphatic heterocycles. The van der Waals surface area contributed by atoms with E-state index in [1.54, 1.807) is 7.11 Å². The maximum Gasteiger partial charge on any atom is 0.407 e. The summed E-state index contributed by atoms with van der Waals surface area (Å²) in [7, 11) is -0.729. The molecule has 3 fully saturated rings. The fourth-order valence-electron chi connectivity index (χ4n) is 7.89. The molecular formula is C40H54N4O9S. The van der Waals surface area contributed by atoms with Crippen LogP contribution in [0.4, 0.5) is 4.79 Å². The van der Waals surface area contributed by atoms with E-state index in [9.17, 15) is 27.6 Å². The zero-order valence-corrected chi connectivity index (χ0v) is 33.2. The summed E-state index contributed by atoms with van der Waals surface area (Å²) in [6, 6.07) is 7.72. The second-order valence-electron chi connectivity index (χ2n) is 17.3. The van der Waals surface area contributed by atoms with E-state index < -0.39 is 73.6 Å². The molecule has 0 radical (unpaired) electrons. The standard InChI is InChI=1S/C40H54N4O9S/c1-9-27-20-40(27,35(47)43-54(49,50)29-14-15-29)42-33(45)30-21-39(52-8)22-44(30)34(46)32(37(2,3)4)41-36(48)53-23-38(5,6)16-10-11-25-17-26-18-28(39)13-12-24(26)19-31(25)51-7/h9,12-13,17-19,27,29-30,32H,1,10-11,14-16,20-23H2,2-8H3,(H,41,48)(H,42,45)(H,43,47)/t27-,30+,32-,39+,40-/m1/s1. The van der Waals surface area contributed by atoms with Crippen LogP contribution < -0.4 is 20.1 Å². The molecular weight excluding hydrogens is 713 g/mol. The first-order valence-electron chi connectivity index (χ1n) is 18.7. The number of aryl methyl sites for hydroxylation is 1. The Labute approximate surface area is 318 Å². The highest BCUT2D eigenvalue weighted by atomic mass is 32.2. The lowest BCUT2D eigenvalue weighted by Gasteiger charge is -2.36. The molecule has 0 aromatic heterocycles. The normalized spacial score (nSPS) is 28.8. The van der Waals surface area contributed by atoms with Gasteiger partial charge in [0.05, 0.1) is 25.5 Å². The van der Waals surface area contributed by atoms with Crippen LogP contribution in [-0.2, 0) is 45.9 Å². The molecule has 2 aromatic carbocycles. The fraction of sp³-hybridized carbons (Fsp3) is 0.600. The van der Waals surface area contributed by atoms with Crippen molar-refractivity contribution < 1.29 is 41.8 Å². The third-order valence-electron chi connectivity index (χ3n) is 11.6. The van der Waals surface area contributed by atoms with E-state index in [0.717, 1.165) is 46.9 Å². The van der Waals surface area contributed by atoms with E-state index >= 15 is 0 Å². The highest BCUT2D eigenvalue weighted by Gasteiger charge is 2.62. The Morgan fingerprint density at radius 2 is 1.80 bits per heavy atom. The summed E-state index contributed by atoms with van der Waals surface area (Å²) in [5.41, 5.74) is -2.14. The second kappa shape index (κ2) is 14.2. The number of methoxy groups -OCH3 is 2. The van der Waals surface area contributed by atoms with Gasteiger partial charge in [-0.3, -0.25) is 19.1 Å². The maximum atomic E-state index is 14.8. The van der Waals surface area contributed by atoms with Gasteiger partial charge in [-0.15, -0.1) is 6.58 Å². The minimum atomic E-state index is -3.91. The van der Waals surface area contributed by atoms with Gasteiger partial charge in [-0.1, -0.05) is 52.8 Å². The van der Waals surface area contributed by atoms with E-state index in [-0.39, 0.29) is 31.4 Å². The Balaban J connectivity index is 1.42. The SMILES string of the molecule is C=C[C@@H]1C[C@]1(NC(=O)[C@@H]1C[C@]2(OC)CN1C(=O)[C@H](C(C)(C)C)NC(=O)OCC(C)(C)CCCc1cc3cc2ccc3cc1OC)C(=O)NS(=O)(=O)C1CC1. The molecule has 54 heavy (non-hydrogen) atoms. The molecule has 2 heterocycles. The third kappa shape index (κ3) is 7.68. The molecule has 0 unspecified atom stereocenters. The predicted octanol–water partition coefficient (Wildman–Crippen LogP) is 4.46. The highest BCUT2D eigenvalue weighted by molar-refractivity contribution is 7.91. The first-order valence-corrected chi connectivity index (χ1v) is 20.2. The summed E-state index contributed by atoms with van der Waals surface area (Å²) in [6.45, 7) is 13.4. The van der Waals surface area contributed by atoms with Crippen molar-refractivity contribution in [3.05, 3.63) is 54.1 Å². The predicted molar refractivity (Wildman–Crippen MR) is 203 cm³/mol. The van der Waals surface area contributed by atoms with Gasteiger partial charge in [0, 0.05) is 19.4 Å². The van der Waals surface area contributed by atoms with Gasteiger partial charge in [0.15, 0.2) is 0 Å². The largest absolute Gasteiger partial charge is 0.496 e. The number of cyclic esters (lactones) is 1. The molecule has 2 aliphatic carbocycles. The quantitative estimate of drug-likeness (QED) is 0.329. The minimum absolute atomic E-state index is 0.0158. The average molecular weight is 767 g/mol. The summed E-state index contributed by atoms with van der Waals surface area (Å²) in [5.74, 6) is -1.77. The number of hydrogen-bond donors (Lipinski definition) is 3. The molecule has 4 aliphatic rings. The summed E-state index contributed by atoms with van der Waals surface area (Å²) in [4.78, 5) is 57.8. The van der Waals surface area contributed by atoms with E-state index in [1.165, 1.54) is 18.1 Å². The number of amides is 4. The lowest BCUT2D eigenvalue weighted by molar-refractivity contribution is -0.143. The molecule has 294 valence electrons. The number of ether oxygens (including phenoxy) is 3. The molecule has 0 spiro atoms. The van der Waals surface area contributed by atoms with Crippen LogP contribution in [0.1, 0.15) is 84.3 Å². The first kappa shape index (κ1) is 39.5. The van der Waals surface area contributed by atoms with Crippen LogP contribution in [0.15, 0.2) is 43.0 Å². The topological polar surface area (TPSA) is 169 Å². The number of nitrogens with zero attached hydrogens (tertiary/aromatic N) is 1. The molecule has 5 bridgehead atoms. The van der Waals surface area contributed by atoms with E-state index in [2.05, 4.69) is 28.0 Å². The van der Waals surface area contributed by atoms with E-state index in [4.69, 9.17) is 14.2 Å². The molecule has 14 heteroatoms. The number of alkyl carbamates (subject to hydrolysis) is 1. The van der Waals surface area contributed by atoms with Crippen LogP contribution in [0.2, 0.25) is 0 Å². The fourth-order valence-corrected chi connectivity index (χ4v) is 9.25. The Hall–Kier alpha value is -4.17. The van der Waals surface area contributed by atoms with E-state index in [0.29, 0.717) is 12.8 Å². The smallest absolute Gasteiger partial charge is 0.407 e. The van der Waals surface area contributed by atoms with Crippen molar-refractivity contribution in [2.75, 3.05) is 27.4 Å². The van der Waals surface area contributed by atoms with Crippen molar-refractivity contribution in [2.45, 2.75) is 108 Å². The van der Waals surface area contributed by atoms with Crippen LogP contribution in [0.3, 0.4) is 0 Å². The molecule has 5 atom stereocenters.